The van der Waals surface area contributed by atoms with Crippen LogP contribution in [-0.4, -0.2) is 0 Å². The molecule has 3 heteroatoms. The van der Waals surface area contributed by atoms with Crippen LogP contribution in [0.2, 0.25) is 0 Å². The maximum Gasteiger partial charge on any atom is 0.257 e. The molecule has 2 aromatic carbocycles. The van der Waals surface area contributed by atoms with E-state index in [1.807, 2.05) is 0 Å². The van der Waals surface area contributed by atoms with Crippen LogP contribution in [0.15, 0.2) is 34.9 Å². The number of hydrogen-bond donors (Lipinski definition) is 0. The van der Waals surface area contributed by atoms with Gasteiger partial charge in [0.25, 0.3) is 5.69 Å². The Balaban J connectivity index is 1.90. The van der Waals surface area contributed by atoms with Crippen LogP contribution >= 0.6 is 0 Å². The Morgan fingerprint density at radius 2 is 1.82 bits per heavy atom. The summed E-state index contributed by atoms with van der Waals surface area (Å²) in [5.74, 6) is 3.42. The SMILES string of the molecule is Cc1cc2c3c(c(C)c(C)cc3c1)-c1c(c3cc(CC(C)C)oc3c[n+]1C)O2. The molecule has 2 aromatic heterocycles. The van der Waals surface area contributed by atoms with Crippen molar-refractivity contribution in [3.63, 3.8) is 0 Å². The third kappa shape index (κ3) is 2.39. The first-order valence-corrected chi connectivity index (χ1v) is 10.0. The van der Waals surface area contributed by atoms with Crippen LogP contribution in [0.25, 0.3) is 33.0 Å². The number of rotatable bonds is 2. The monoisotopic (exact) mass is 372 g/mol. The summed E-state index contributed by atoms with van der Waals surface area (Å²) in [6.07, 6.45) is 3.02. The lowest BCUT2D eigenvalue weighted by atomic mass is 9.89. The van der Waals surface area contributed by atoms with Gasteiger partial charge in [-0.15, -0.1) is 0 Å². The van der Waals surface area contributed by atoms with Crippen molar-refractivity contribution in [3.8, 4) is 22.8 Å². The van der Waals surface area contributed by atoms with Crippen molar-refractivity contribution in [2.24, 2.45) is 13.0 Å². The molecule has 0 bridgehead atoms. The predicted molar refractivity (Wildman–Crippen MR) is 113 cm³/mol. The molecule has 0 radical (unpaired) electrons. The lowest BCUT2D eigenvalue weighted by Crippen LogP contribution is -2.32. The minimum atomic E-state index is 0.549. The highest BCUT2D eigenvalue weighted by Crippen LogP contribution is 2.50. The number of ether oxygens (including phenoxy) is 1. The van der Waals surface area contributed by atoms with Gasteiger partial charge in [0, 0.05) is 11.8 Å². The van der Waals surface area contributed by atoms with Gasteiger partial charge in [-0.05, 0) is 60.9 Å². The molecule has 5 rings (SSSR count). The fourth-order valence-corrected chi connectivity index (χ4v) is 4.53. The van der Waals surface area contributed by atoms with Crippen molar-refractivity contribution in [1.82, 2.24) is 0 Å². The molecule has 0 fully saturated rings. The van der Waals surface area contributed by atoms with Gasteiger partial charge in [0.15, 0.2) is 0 Å². The number of furan rings is 1. The molecule has 0 saturated carbocycles. The van der Waals surface area contributed by atoms with Crippen molar-refractivity contribution in [1.29, 1.82) is 0 Å². The van der Waals surface area contributed by atoms with E-state index in [4.69, 9.17) is 9.15 Å². The minimum absolute atomic E-state index is 0.549. The molecule has 0 unspecified atom stereocenters. The standard InChI is InChI=1S/C25H26NO2/c1-13(2)7-18-11-19-21(27-18)12-26(6)24-22-16(5)15(4)10-17-8-14(3)9-20(23(17)22)28-25(19)24/h8-13H,7H2,1-6H3/q+1. The van der Waals surface area contributed by atoms with E-state index in [9.17, 15) is 0 Å². The van der Waals surface area contributed by atoms with E-state index in [0.717, 1.165) is 40.3 Å². The second-order valence-corrected chi connectivity index (χ2v) is 8.66. The van der Waals surface area contributed by atoms with Crippen LogP contribution in [0, 0.1) is 26.7 Å². The zero-order valence-corrected chi connectivity index (χ0v) is 17.4. The summed E-state index contributed by atoms with van der Waals surface area (Å²) in [5.41, 5.74) is 7.12. The van der Waals surface area contributed by atoms with Gasteiger partial charge in [-0.25, -0.2) is 0 Å². The molecule has 0 N–H and O–H groups in total. The zero-order valence-electron chi connectivity index (χ0n) is 17.4. The van der Waals surface area contributed by atoms with Crippen molar-refractivity contribution >= 4 is 21.7 Å². The van der Waals surface area contributed by atoms with Crippen molar-refractivity contribution in [3.05, 3.63) is 52.9 Å². The highest BCUT2D eigenvalue weighted by atomic mass is 16.5. The molecular formula is C25H26NO2+. The van der Waals surface area contributed by atoms with Crippen LogP contribution in [-0.2, 0) is 13.5 Å². The molecule has 1 aliphatic rings. The fraction of sp³-hybridized carbons (Fsp3) is 0.320. The van der Waals surface area contributed by atoms with E-state index < -0.39 is 0 Å². The van der Waals surface area contributed by atoms with Crippen LogP contribution in [0.5, 0.6) is 11.5 Å². The Kier molecular flexibility index (Phi) is 3.61. The second-order valence-electron chi connectivity index (χ2n) is 8.66. The highest BCUT2D eigenvalue weighted by Gasteiger charge is 2.33. The normalized spacial score (nSPS) is 12.7. The average molecular weight is 372 g/mol. The first kappa shape index (κ1) is 17.3. The Labute approximate surface area is 165 Å². The first-order chi connectivity index (χ1) is 13.3. The summed E-state index contributed by atoms with van der Waals surface area (Å²) in [4.78, 5) is 0. The Morgan fingerprint density at radius 1 is 1.04 bits per heavy atom. The molecule has 3 heterocycles. The van der Waals surface area contributed by atoms with Gasteiger partial charge in [0.1, 0.15) is 18.6 Å². The highest BCUT2D eigenvalue weighted by molar-refractivity contribution is 6.07. The molecule has 0 saturated heterocycles. The van der Waals surface area contributed by atoms with Gasteiger partial charge in [-0.1, -0.05) is 26.0 Å². The van der Waals surface area contributed by atoms with Gasteiger partial charge in [0.05, 0.1) is 10.9 Å². The van der Waals surface area contributed by atoms with Crippen LogP contribution in [0.4, 0.5) is 0 Å². The predicted octanol–water partition coefficient (Wildman–Crippen LogP) is 6.31. The molecular weight excluding hydrogens is 346 g/mol. The summed E-state index contributed by atoms with van der Waals surface area (Å²) in [5, 5.41) is 3.51. The van der Waals surface area contributed by atoms with E-state index in [1.165, 1.54) is 33.0 Å². The molecule has 0 atom stereocenters. The number of aromatic nitrogens is 1. The van der Waals surface area contributed by atoms with Crippen molar-refractivity contribution in [2.45, 2.75) is 41.0 Å². The fourth-order valence-electron chi connectivity index (χ4n) is 4.53. The van der Waals surface area contributed by atoms with Crippen LogP contribution in [0.3, 0.4) is 0 Å². The Morgan fingerprint density at radius 3 is 2.57 bits per heavy atom. The molecule has 4 aromatic rings. The summed E-state index contributed by atoms with van der Waals surface area (Å²) in [6, 6.07) is 8.84. The van der Waals surface area contributed by atoms with Gasteiger partial charge in [0.2, 0.25) is 17.5 Å². The van der Waals surface area contributed by atoms with Gasteiger partial charge in [-0.2, -0.15) is 4.57 Å². The van der Waals surface area contributed by atoms with Gasteiger partial charge in [-0.3, -0.25) is 0 Å². The van der Waals surface area contributed by atoms with Crippen LogP contribution in [0.1, 0.15) is 36.3 Å². The van der Waals surface area contributed by atoms with E-state index in [-0.39, 0.29) is 0 Å². The van der Waals surface area contributed by atoms with Crippen LogP contribution < -0.4 is 9.30 Å². The smallest absolute Gasteiger partial charge is 0.257 e. The van der Waals surface area contributed by atoms with Gasteiger partial charge >= 0.3 is 0 Å². The van der Waals surface area contributed by atoms with Gasteiger partial charge < -0.3 is 9.15 Å². The first-order valence-electron chi connectivity index (χ1n) is 10.0. The third-order valence-corrected chi connectivity index (χ3v) is 5.86. The minimum Gasteiger partial charge on any atom is -0.455 e. The number of benzene rings is 2. The number of nitrogens with zero attached hydrogens (tertiary/aromatic N) is 1. The number of fused-ring (bicyclic) bond motifs is 4. The van der Waals surface area contributed by atoms with Crippen molar-refractivity contribution < 1.29 is 13.7 Å². The maximum absolute atomic E-state index is 6.56. The lowest BCUT2D eigenvalue weighted by molar-refractivity contribution is -0.659. The largest absolute Gasteiger partial charge is 0.455 e. The quantitative estimate of drug-likeness (QED) is 0.340. The summed E-state index contributed by atoms with van der Waals surface area (Å²) < 4.78 is 14.9. The molecule has 0 spiro atoms. The molecule has 0 aliphatic carbocycles. The zero-order chi connectivity index (χ0) is 19.7. The summed E-state index contributed by atoms with van der Waals surface area (Å²) in [7, 11) is 2.08. The number of hydrogen-bond acceptors (Lipinski definition) is 2. The van der Waals surface area contributed by atoms with E-state index in [2.05, 4.69) is 76.7 Å². The lowest BCUT2D eigenvalue weighted by Gasteiger charge is -2.22. The maximum atomic E-state index is 6.56. The molecule has 28 heavy (non-hydrogen) atoms. The topological polar surface area (TPSA) is 26.2 Å². The number of pyridine rings is 1. The second kappa shape index (κ2) is 5.84. The Bertz CT molecular complexity index is 1280. The Hall–Kier alpha value is -2.81. The van der Waals surface area contributed by atoms with E-state index >= 15 is 0 Å². The third-order valence-electron chi connectivity index (χ3n) is 5.86. The molecule has 0 amide bonds. The van der Waals surface area contributed by atoms with E-state index in [1.54, 1.807) is 0 Å². The molecule has 1 aliphatic heterocycles. The summed E-state index contributed by atoms with van der Waals surface area (Å²) in [6.45, 7) is 11.0. The van der Waals surface area contributed by atoms with E-state index in [0.29, 0.717) is 5.92 Å². The number of aryl methyl sites for hydroxylation is 3. The molecule has 142 valence electrons. The molecule has 3 nitrogen and oxygen atoms in total. The average Bonchev–Trinajstić information content (AvgIpc) is 2.99. The van der Waals surface area contributed by atoms with Crippen molar-refractivity contribution in [2.75, 3.05) is 0 Å². The summed E-state index contributed by atoms with van der Waals surface area (Å²) >= 11 is 0.